The summed E-state index contributed by atoms with van der Waals surface area (Å²) < 4.78 is 56.1. The standard InChI is InChI=1S/C33H44N6O13S2/c1-31(2,3)50-27(42)33(7,8)52-37-23(21-18-53-28(34-21)36-29(43)51-32(4,5)6)25(40)35-24-22(39(26(24)41)54(45,46)47)15-38-14-20(49-30(38)44)17-48-16-19-12-10-9-11-13-19/h9-13,18,20,22,24H,14-17H2,1-8H3,(H,35,40)(H,34,36,43)(H,45,46,47)/t20-,22-,24+/m1/s1. The lowest BCUT2D eigenvalue weighted by Crippen LogP contribution is -2.74. The number of thiazole rings is 1. The third-order valence-corrected chi connectivity index (χ3v) is 9.01. The number of oxime groups is 1. The minimum absolute atomic E-state index is 0.0147. The van der Waals surface area contributed by atoms with Gasteiger partial charge in [0.05, 0.1) is 25.8 Å². The van der Waals surface area contributed by atoms with Crippen LogP contribution in [0.1, 0.15) is 66.6 Å². The molecule has 0 unspecified atom stereocenters. The summed E-state index contributed by atoms with van der Waals surface area (Å²) in [6.45, 7) is 12.3. The second kappa shape index (κ2) is 16.2. The van der Waals surface area contributed by atoms with Crippen LogP contribution in [0.4, 0.5) is 14.7 Å². The van der Waals surface area contributed by atoms with Crippen LogP contribution in [0, 0.1) is 0 Å². The van der Waals surface area contributed by atoms with E-state index in [-0.39, 0.29) is 34.9 Å². The number of amides is 4. The maximum Gasteiger partial charge on any atom is 0.413 e. The fourth-order valence-corrected chi connectivity index (χ4v) is 6.45. The normalized spacial score (nSPS) is 19.5. The van der Waals surface area contributed by atoms with E-state index in [0.29, 0.717) is 0 Å². The first-order valence-electron chi connectivity index (χ1n) is 16.6. The molecular weight excluding hydrogens is 753 g/mol. The van der Waals surface area contributed by atoms with Crippen LogP contribution in [0.25, 0.3) is 0 Å². The van der Waals surface area contributed by atoms with E-state index in [1.807, 2.05) is 30.3 Å². The van der Waals surface area contributed by atoms with E-state index in [4.69, 9.17) is 23.8 Å². The molecule has 0 spiro atoms. The van der Waals surface area contributed by atoms with Crippen molar-refractivity contribution in [1.82, 2.24) is 19.5 Å². The van der Waals surface area contributed by atoms with Gasteiger partial charge < -0.3 is 34.0 Å². The van der Waals surface area contributed by atoms with Crippen molar-refractivity contribution in [2.75, 3.05) is 25.0 Å². The van der Waals surface area contributed by atoms with Gasteiger partial charge in [0.1, 0.15) is 29.0 Å². The van der Waals surface area contributed by atoms with Gasteiger partial charge in [-0.3, -0.25) is 19.5 Å². The van der Waals surface area contributed by atoms with Gasteiger partial charge in [0.15, 0.2) is 10.8 Å². The van der Waals surface area contributed by atoms with Crippen molar-refractivity contribution in [2.24, 2.45) is 5.16 Å². The maximum atomic E-state index is 13.8. The highest BCUT2D eigenvalue weighted by molar-refractivity contribution is 7.84. The molecule has 296 valence electrons. The van der Waals surface area contributed by atoms with Crippen LogP contribution in [-0.2, 0) is 55.1 Å². The number of cyclic esters (lactones) is 1. The van der Waals surface area contributed by atoms with E-state index in [2.05, 4.69) is 20.8 Å². The summed E-state index contributed by atoms with van der Waals surface area (Å²) in [6, 6.07) is 6.17. The summed E-state index contributed by atoms with van der Waals surface area (Å²) in [5.41, 5.74) is -3.35. The molecule has 4 rings (SSSR count). The molecular formula is C33H44N6O13S2. The summed E-state index contributed by atoms with van der Waals surface area (Å²) in [5, 5.41) is 9.99. The van der Waals surface area contributed by atoms with Crippen molar-refractivity contribution in [1.29, 1.82) is 0 Å². The molecule has 2 aliphatic rings. The Morgan fingerprint density at radius 2 is 1.69 bits per heavy atom. The molecule has 21 heteroatoms. The Labute approximate surface area is 316 Å². The van der Waals surface area contributed by atoms with Gasteiger partial charge in [0.25, 0.3) is 11.8 Å². The number of benzene rings is 1. The van der Waals surface area contributed by atoms with E-state index in [0.717, 1.165) is 21.8 Å². The zero-order valence-corrected chi connectivity index (χ0v) is 32.6. The van der Waals surface area contributed by atoms with Crippen LogP contribution in [0.15, 0.2) is 40.9 Å². The zero-order valence-electron chi connectivity index (χ0n) is 31.0. The minimum atomic E-state index is -5.14. The predicted molar refractivity (Wildman–Crippen MR) is 192 cm³/mol. The summed E-state index contributed by atoms with van der Waals surface area (Å²) in [4.78, 5) is 75.7. The first-order chi connectivity index (χ1) is 24.9. The van der Waals surface area contributed by atoms with Crippen LogP contribution in [-0.4, -0.2) is 118 Å². The van der Waals surface area contributed by atoms with Crippen molar-refractivity contribution < 1.29 is 60.7 Å². The number of β-lactam (4-membered cyclic amide) rings is 1. The number of carbonyl (C=O) groups excluding carboxylic acids is 5. The van der Waals surface area contributed by atoms with Crippen LogP contribution in [0.5, 0.6) is 0 Å². The van der Waals surface area contributed by atoms with Gasteiger partial charge in [-0.2, -0.15) is 8.42 Å². The molecule has 1 aromatic carbocycles. The Morgan fingerprint density at radius 3 is 2.30 bits per heavy atom. The van der Waals surface area contributed by atoms with Gasteiger partial charge in [-0.15, -0.1) is 11.3 Å². The average molecular weight is 797 g/mol. The summed E-state index contributed by atoms with van der Waals surface area (Å²) >= 11 is 0.880. The molecule has 19 nitrogen and oxygen atoms in total. The van der Waals surface area contributed by atoms with E-state index < -0.39 is 87.5 Å². The Kier molecular flexibility index (Phi) is 12.6. The highest BCUT2D eigenvalue weighted by Crippen LogP contribution is 2.27. The number of nitrogens with one attached hydrogen (secondary N) is 2. The molecule has 2 fully saturated rings. The average Bonchev–Trinajstić information content (AvgIpc) is 3.63. The molecule has 4 amide bonds. The molecule has 0 saturated carbocycles. The third-order valence-electron chi connectivity index (χ3n) is 7.30. The van der Waals surface area contributed by atoms with Gasteiger partial charge in [-0.05, 0) is 61.0 Å². The lowest BCUT2D eigenvalue weighted by atomic mass is 9.97. The van der Waals surface area contributed by atoms with E-state index >= 15 is 0 Å². The molecule has 3 N–H and O–H groups in total. The first-order valence-corrected chi connectivity index (χ1v) is 18.9. The molecule has 0 aliphatic carbocycles. The van der Waals surface area contributed by atoms with Crippen molar-refractivity contribution in [3.63, 3.8) is 0 Å². The number of rotatable bonds is 14. The minimum Gasteiger partial charge on any atom is -0.457 e. The van der Waals surface area contributed by atoms with Crippen LogP contribution < -0.4 is 10.6 Å². The molecule has 0 radical (unpaired) electrons. The van der Waals surface area contributed by atoms with Gasteiger partial charge >= 0.3 is 28.5 Å². The SMILES string of the molecule is CC(C)(C)OC(=O)Nc1nc(C(=NOC(C)(C)C(=O)OC(C)(C)C)C(=O)N[C@@H]2C(=O)N(S(=O)(=O)O)[C@@H]2CN2C[C@H](COCc3ccccc3)OC2=O)cs1. The Balaban J connectivity index is 1.54. The van der Waals surface area contributed by atoms with Crippen molar-refractivity contribution in [2.45, 2.75) is 97.0 Å². The molecule has 2 aromatic rings. The molecule has 0 bridgehead atoms. The third kappa shape index (κ3) is 11.3. The molecule has 1 aromatic heterocycles. The Morgan fingerprint density at radius 1 is 1.04 bits per heavy atom. The fraction of sp³-hybridized carbons (Fsp3) is 0.545. The topological polar surface area (TPSA) is 242 Å². The smallest absolute Gasteiger partial charge is 0.413 e. The summed E-state index contributed by atoms with van der Waals surface area (Å²) in [5.74, 6) is -3.17. The molecule has 2 saturated heterocycles. The first kappa shape index (κ1) is 41.9. The number of esters is 1. The van der Waals surface area contributed by atoms with Crippen molar-refractivity contribution >= 4 is 62.5 Å². The fourth-order valence-electron chi connectivity index (χ4n) is 4.90. The highest BCUT2D eigenvalue weighted by Gasteiger charge is 2.56. The number of nitrogens with zero attached hydrogens (tertiary/aromatic N) is 4. The van der Waals surface area contributed by atoms with E-state index in [1.54, 1.807) is 41.5 Å². The molecule has 3 atom stereocenters. The maximum absolute atomic E-state index is 13.8. The number of aromatic nitrogens is 1. The van der Waals surface area contributed by atoms with Crippen LogP contribution in [0.2, 0.25) is 0 Å². The van der Waals surface area contributed by atoms with Crippen molar-refractivity contribution in [3.8, 4) is 0 Å². The Bertz CT molecular complexity index is 1870. The van der Waals surface area contributed by atoms with Crippen molar-refractivity contribution in [3.05, 3.63) is 47.0 Å². The lowest BCUT2D eigenvalue weighted by Gasteiger charge is -2.45. The molecule has 2 aliphatic heterocycles. The zero-order chi connectivity index (χ0) is 40.2. The van der Waals surface area contributed by atoms with Gasteiger partial charge in [0.2, 0.25) is 5.60 Å². The number of anilines is 1. The van der Waals surface area contributed by atoms with E-state index in [1.165, 1.54) is 19.2 Å². The number of hydrogen-bond acceptors (Lipinski definition) is 15. The second-order valence-corrected chi connectivity index (χ2v) is 16.9. The Hall–Kier alpha value is -4.86. The summed E-state index contributed by atoms with van der Waals surface area (Å²) in [6.07, 6.45) is -2.41. The van der Waals surface area contributed by atoms with Crippen LogP contribution >= 0.6 is 11.3 Å². The quantitative estimate of drug-likeness (QED) is 0.0622. The second-order valence-electron chi connectivity index (χ2n) is 14.7. The predicted octanol–water partition coefficient (Wildman–Crippen LogP) is 2.87. The van der Waals surface area contributed by atoms with Crippen LogP contribution in [0.3, 0.4) is 0 Å². The summed E-state index contributed by atoms with van der Waals surface area (Å²) in [7, 11) is -5.14. The van der Waals surface area contributed by atoms with Gasteiger partial charge in [0, 0.05) is 11.9 Å². The number of carbonyl (C=O) groups is 5. The highest BCUT2D eigenvalue weighted by atomic mass is 32.2. The number of ether oxygens (including phenoxy) is 4. The largest absolute Gasteiger partial charge is 0.457 e. The van der Waals surface area contributed by atoms with Gasteiger partial charge in [-0.1, -0.05) is 35.5 Å². The van der Waals surface area contributed by atoms with E-state index in [9.17, 15) is 36.9 Å². The molecule has 54 heavy (non-hydrogen) atoms. The lowest BCUT2D eigenvalue weighted by molar-refractivity contribution is -0.179. The van der Waals surface area contributed by atoms with Gasteiger partial charge in [-0.25, -0.2) is 23.7 Å². The number of hydrogen-bond donors (Lipinski definition) is 3. The molecule has 3 heterocycles. The monoisotopic (exact) mass is 796 g/mol.